The lowest BCUT2D eigenvalue weighted by Crippen LogP contribution is -2.24. The van der Waals surface area contributed by atoms with E-state index in [1.54, 1.807) is 36.4 Å². The standard InChI is InChI=1S/C17H17Cl2NO3.C13H13BrN2O/c1-3-22-10-23-17(21)12-6-4-5-7-14(12)20-16-13(18)9-8-11(2)15(16)19;1-9(2)16-12(17)8-11(14)13(15-16)10-6-4-3-5-7-10/h4-9,20H,3,10H2,1-2H3;3-9H,1-2H3. The van der Waals surface area contributed by atoms with Crippen LogP contribution in [0.2, 0.25) is 10.0 Å². The van der Waals surface area contributed by atoms with Crippen molar-refractivity contribution in [3.8, 4) is 11.3 Å². The topological polar surface area (TPSA) is 82.5 Å². The Balaban J connectivity index is 0.000000230. The smallest absolute Gasteiger partial charge is 0.342 e. The lowest BCUT2D eigenvalue weighted by atomic mass is 10.1. The van der Waals surface area contributed by atoms with Crippen molar-refractivity contribution in [3.05, 3.63) is 109 Å². The van der Waals surface area contributed by atoms with E-state index in [1.165, 1.54) is 4.68 Å². The van der Waals surface area contributed by atoms with Crippen molar-refractivity contribution in [2.24, 2.45) is 0 Å². The molecule has 210 valence electrons. The first-order chi connectivity index (χ1) is 19.1. The van der Waals surface area contributed by atoms with Gasteiger partial charge in [-0.05, 0) is 67.4 Å². The fraction of sp³-hybridized carbons (Fsp3) is 0.233. The number of aromatic nitrogens is 2. The minimum absolute atomic E-state index is 0.0538. The number of halogens is 3. The van der Waals surface area contributed by atoms with Gasteiger partial charge in [-0.3, -0.25) is 4.79 Å². The molecule has 1 N–H and O–H groups in total. The van der Waals surface area contributed by atoms with E-state index in [2.05, 4.69) is 26.3 Å². The second-order valence-corrected chi connectivity index (χ2v) is 10.5. The molecule has 4 aromatic rings. The molecular weight excluding hydrogens is 617 g/mol. The third-order valence-electron chi connectivity index (χ3n) is 5.61. The van der Waals surface area contributed by atoms with E-state index in [4.69, 9.17) is 32.7 Å². The Morgan fingerprint density at radius 3 is 2.40 bits per heavy atom. The number of benzene rings is 3. The quantitative estimate of drug-likeness (QED) is 0.117. The van der Waals surface area contributed by atoms with Gasteiger partial charge >= 0.3 is 5.97 Å². The average molecular weight is 647 g/mol. The van der Waals surface area contributed by atoms with E-state index in [9.17, 15) is 9.59 Å². The summed E-state index contributed by atoms with van der Waals surface area (Å²) in [6.45, 7) is 7.97. The molecule has 0 bridgehead atoms. The number of ether oxygens (including phenoxy) is 2. The summed E-state index contributed by atoms with van der Waals surface area (Å²) in [7, 11) is 0. The molecule has 3 aromatic carbocycles. The first-order valence-corrected chi connectivity index (χ1v) is 14.1. The highest BCUT2D eigenvalue weighted by atomic mass is 79.9. The van der Waals surface area contributed by atoms with Gasteiger partial charge in [0.1, 0.15) is 5.69 Å². The predicted molar refractivity (Wildman–Crippen MR) is 165 cm³/mol. The number of nitrogens with one attached hydrogen (secondary N) is 1. The lowest BCUT2D eigenvalue weighted by molar-refractivity contribution is -0.0273. The number of nitrogens with zero attached hydrogens (tertiary/aromatic N) is 2. The van der Waals surface area contributed by atoms with Crippen LogP contribution in [-0.2, 0) is 9.47 Å². The number of para-hydroxylation sites is 1. The van der Waals surface area contributed by atoms with Crippen molar-refractivity contribution in [1.82, 2.24) is 9.78 Å². The molecule has 0 saturated heterocycles. The molecule has 0 aliphatic heterocycles. The van der Waals surface area contributed by atoms with Gasteiger partial charge in [0.15, 0.2) is 6.79 Å². The number of rotatable bonds is 8. The van der Waals surface area contributed by atoms with E-state index >= 15 is 0 Å². The molecule has 0 unspecified atom stereocenters. The zero-order chi connectivity index (χ0) is 29.2. The molecule has 0 radical (unpaired) electrons. The molecule has 0 fully saturated rings. The van der Waals surface area contributed by atoms with Gasteiger partial charge in [0.25, 0.3) is 5.56 Å². The Hall–Kier alpha value is -3.17. The van der Waals surface area contributed by atoms with Crippen LogP contribution < -0.4 is 10.9 Å². The maximum absolute atomic E-state index is 12.2. The molecule has 1 heterocycles. The highest BCUT2D eigenvalue weighted by Gasteiger charge is 2.16. The molecule has 1 aromatic heterocycles. The number of hydrogen-bond donors (Lipinski definition) is 1. The summed E-state index contributed by atoms with van der Waals surface area (Å²) in [5.41, 5.74) is 4.07. The summed E-state index contributed by atoms with van der Waals surface area (Å²) in [6.07, 6.45) is 0. The average Bonchev–Trinajstić information content (AvgIpc) is 2.94. The van der Waals surface area contributed by atoms with Crippen molar-refractivity contribution in [2.75, 3.05) is 18.7 Å². The van der Waals surface area contributed by atoms with Crippen LogP contribution in [0.4, 0.5) is 11.4 Å². The normalized spacial score (nSPS) is 10.6. The molecule has 0 atom stereocenters. The van der Waals surface area contributed by atoms with Gasteiger partial charge in [0.05, 0.1) is 37.5 Å². The molecule has 4 rings (SSSR count). The molecule has 10 heteroatoms. The van der Waals surface area contributed by atoms with Crippen molar-refractivity contribution >= 4 is 56.5 Å². The molecule has 40 heavy (non-hydrogen) atoms. The van der Waals surface area contributed by atoms with Gasteiger partial charge in [-0.15, -0.1) is 0 Å². The maximum atomic E-state index is 12.2. The monoisotopic (exact) mass is 645 g/mol. The fourth-order valence-corrected chi connectivity index (χ4v) is 4.51. The van der Waals surface area contributed by atoms with Gasteiger partial charge in [-0.1, -0.05) is 71.7 Å². The second-order valence-electron chi connectivity index (χ2n) is 8.85. The summed E-state index contributed by atoms with van der Waals surface area (Å²) in [5.74, 6) is -0.485. The Morgan fingerprint density at radius 2 is 1.73 bits per heavy atom. The minimum Gasteiger partial charge on any atom is -0.435 e. The Morgan fingerprint density at radius 1 is 1.05 bits per heavy atom. The van der Waals surface area contributed by atoms with Gasteiger partial charge in [-0.25, -0.2) is 9.48 Å². The number of carbonyl (C=O) groups is 1. The lowest BCUT2D eigenvalue weighted by Gasteiger charge is -2.15. The van der Waals surface area contributed by atoms with Crippen LogP contribution in [0.3, 0.4) is 0 Å². The van der Waals surface area contributed by atoms with Gasteiger partial charge in [0, 0.05) is 18.2 Å². The molecule has 0 saturated carbocycles. The van der Waals surface area contributed by atoms with Crippen LogP contribution in [-0.4, -0.2) is 29.1 Å². The first kappa shape index (κ1) is 31.4. The molecule has 0 amide bonds. The van der Waals surface area contributed by atoms with Crippen LogP contribution in [0.5, 0.6) is 0 Å². The fourth-order valence-electron chi connectivity index (χ4n) is 3.54. The summed E-state index contributed by atoms with van der Waals surface area (Å²) in [6, 6.07) is 22.0. The number of carbonyl (C=O) groups excluding carboxylic acids is 1. The van der Waals surface area contributed by atoms with Crippen molar-refractivity contribution in [3.63, 3.8) is 0 Å². The summed E-state index contributed by atoms with van der Waals surface area (Å²) in [4.78, 5) is 23.9. The number of anilines is 2. The molecule has 0 spiro atoms. The third-order valence-corrected chi connectivity index (χ3v) is 7.02. The van der Waals surface area contributed by atoms with Crippen LogP contribution in [0.15, 0.2) is 82.1 Å². The van der Waals surface area contributed by atoms with E-state index in [0.29, 0.717) is 33.6 Å². The van der Waals surface area contributed by atoms with Crippen LogP contribution >= 0.6 is 39.1 Å². The second kappa shape index (κ2) is 15.0. The Labute approximate surface area is 252 Å². The zero-order valence-electron chi connectivity index (χ0n) is 22.6. The van der Waals surface area contributed by atoms with Crippen molar-refractivity contribution in [2.45, 2.75) is 33.7 Å². The number of esters is 1. The Bertz CT molecular complexity index is 1510. The summed E-state index contributed by atoms with van der Waals surface area (Å²) < 4.78 is 12.3. The van der Waals surface area contributed by atoms with Crippen LogP contribution in [0.1, 0.15) is 42.7 Å². The molecule has 0 aliphatic carbocycles. The minimum atomic E-state index is -0.485. The highest BCUT2D eigenvalue weighted by molar-refractivity contribution is 9.10. The summed E-state index contributed by atoms with van der Waals surface area (Å²) >= 11 is 15.9. The number of hydrogen-bond acceptors (Lipinski definition) is 6. The van der Waals surface area contributed by atoms with Crippen LogP contribution in [0.25, 0.3) is 11.3 Å². The van der Waals surface area contributed by atoms with Gasteiger partial charge in [0.2, 0.25) is 0 Å². The summed E-state index contributed by atoms with van der Waals surface area (Å²) in [5, 5.41) is 8.49. The van der Waals surface area contributed by atoms with E-state index in [-0.39, 0.29) is 18.4 Å². The molecular formula is C30H30BrCl2N3O4. The van der Waals surface area contributed by atoms with Crippen LogP contribution in [0, 0.1) is 6.92 Å². The molecule has 0 aliphatic rings. The van der Waals surface area contributed by atoms with Gasteiger partial charge in [-0.2, -0.15) is 5.10 Å². The van der Waals surface area contributed by atoms with Crippen molar-refractivity contribution in [1.29, 1.82) is 0 Å². The Kier molecular flexibility index (Phi) is 11.8. The third kappa shape index (κ3) is 8.17. The molecule has 7 nitrogen and oxygen atoms in total. The van der Waals surface area contributed by atoms with E-state index in [0.717, 1.165) is 21.3 Å². The number of aryl methyl sites for hydroxylation is 1. The highest BCUT2D eigenvalue weighted by Crippen LogP contribution is 2.36. The predicted octanol–water partition coefficient (Wildman–Crippen LogP) is 8.45. The first-order valence-electron chi connectivity index (χ1n) is 12.5. The van der Waals surface area contributed by atoms with Gasteiger partial charge < -0.3 is 14.8 Å². The zero-order valence-corrected chi connectivity index (χ0v) is 25.7. The van der Waals surface area contributed by atoms with E-state index in [1.807, 2.05) is 64.1 Å². The largest absolute Gasteiger partial charge is 0.435 e. The SMILES string of the molecule is CC(C)n1nc(-c2ccccc2)c(Br)cc1=O.CCOCOC(=O)c1ccccc1Nc1c(Cl)ccc(C)c1Cl. The van der Waals surface area contributed by atoms with E-state index < -0.39 is 5.97 Å². The van der Waals surface area contributed by atoms with Crippen molar-refractivity contribution < 1.29 is 14.3 Å². The maximum Gasteiger partial charge on any atom is 0.342 e.